The van der Waals surface area contributed by atoms with Crippen molar-refractivity contribution in [3.05, 3.63) is 29.1 Å². The van der Waals surface area contributed by atoms with Gasteiger partial charge in [0.1, 0.15) is 11.5 Å². The molecule has 1 amide bonds. The number of anilines is 1. The Balaban J connectivity index is 2.21. The van der Waals surface area contributed by atoms with Gasteiger partial charge in [-0.05, 0) is 13.0 Å². The Labute approximate surface area is 108 Å². The Kier molecular flexibility index (Phi) is 3.32. The quantitative estimate of drug-likeness (QED) is 0.654. The molecule has 0 atom stereocenters. The predicted molar refractivity (Wildman–Crippen MR) is 66.2 cm³/mol. The first-order valence-corrected chi connectivity index (χ1v) is 5.66. The molecule has 0 spiro atoms. The first-order chi connectivity index (χ1) is 9.01. The summed E-state index contributed by atoms with van der Waals surface area (Å²) in [5, 5.41) is 17.8. The molecule has 4 N–H and O–H groups in total. The van der Waals surface area contributed by atoms with Crippen LogP contribution in [0.3, 0.4) is 0 Å². The number of aromatic carboxylic acids is 1. The number of carbonyl (C=O) groups is 2. The number of rotatable bonds is 4. The van der Waals surface area contributed by atoms with Crippen LogP contribution in [0.25, 0.3) is 0 Å². The maximum absolute atomic E-state index is 11.9. The number of aryl methyl sites for hydroxylation is 2. The molecular formula is C11H13N5O3. The molecule has 0 saturated carbocycles. The van der Waals surface area contributed by atoms with Crippen LogP contribution in [0.15, 0.2) is 6.07 Å². The van der Waals surface area contributed by atoms with E-state index in [-0.39, 0.29) is 17.2 Å². The third-order valence-electron chi connectivity index (χ3n) is 2.48. The van der Waals surface area contributed by atoms with E-state index >= 15 is 0 Å². The normalized spacial score (nSPS) is 10.4. The fourth-order valence-corrected chi connectivity index (χ4v) is 1.59. The van der Waals surface area contributed by atoms with E-state index in [1.165, 1.54) is 6.07 Å². The van der Waals surface area contributed by atoms with Gasteiger partial charge in [0.25, 0.3) is 5.91 Å². The molecule has 2 aromatic heterocycles. The third-order valence-corrected chi connectivity index (χ3v) is 2.48. The Morgan fingerprint density at radius 2 is 2.21 bits per heavy atom. The number of amides is 1. The van der Waals surface area contributed by atoms with Gasteiger partial charge in [0.05, 0.1) is 5.69 Å². The zero-order valence-corrected chi connectivity index (χ0v) is 10.4. The second kappa shape index (κ2) is 4.92. The minimum Gasteiger partial charge on any atom is -0.477 e. The van der Waals surface area contributed by atoms with Crippen molar-refractivity contribution in [3.8, 4) is 0 Å². The number of carbonyl (C=O) groups excluding carboxylic acids is 1. The van der Waals surface area contributed by atoms with Gasteiger partial charge in [0.2, 0.25) is 5.82 Å². The number of aromatic nitrogens is 4. The highest BCUT2D eigenvalue weighted by Gasteiger charge is 2.18. The topological polar surface area (TPSA) is 124 Å². The lowest BCUT2D eigenvalue weighted by Gasteiger charge is -2.00. The van der Waals surface area contributed by atoms with Crippen LogP contribution in [0.2, 0.25) is 0 Å². The number of H-pyrrole nitrogens is 2. The number of carboxylic acid groups (broad SMARTS) is 1. The number of carboxylic acids is 1. The van der Waals surface area contributed by atoms with Gasteiger partial charge < -0.3 is 15.4 Å². The fourth-order valence-electron chi connectivity index (χ4n) is 1.59. The summed E-state index contributed by atoms with van der Waals surface area (Å²) < 4.78 is 0. The average molecular weight is 263 g/mol. The molecule has 0 aliphatic rings. The van der Waals surface area contributed by atoms with E-state index < -0.39 is 11.9 Å². The maximum atomic E-state index is 11.9. The molecule has 0 aliphatic heterocycles. The Bertz CT molecular complexity index is 628. The molecular weight excluding hydrogens is 250 g/mol. The molecule has 0 saturated heterocycles. The van der Waals surface area contributed by atoms with Crippen molar-refractivity contribution in [3.63, 3.8) is 0 Å². The first-order valence-electron chi connectivity index (χ1n) is 5.66. The summed E-state index contributed by atoms with van der Waals surface area (Å²) in [5.74, 6) is -1.13. The molecule has 100 valence electrons. The highest BCUT2D eigenvalue weighted by atomic mass is 16.4. The molecule has 0 aliphatic carbocycles. The van der Waals surface area contributed by atoms with Crippen molar-refractivity contribution >= 4 is 17.6 Å². The maximum Gasteiger partial charge on any atom is 0.354 e. The van der Waals surface area contributed by atoms with Crippen LogP contribution >= 0.6 is 0 Å². The second-order valence-corrected chi connectivity index (χ2v) is 3.96. The summed E-state index contributed by atoms with van der Waals surface area (Å²) in [6.07, 6.45) is 0.629. The van der Waals surface area contributed by atoms with E-state index in [2.05, 4.69) is 25.5 Å². The lowest BCUT2D eigenvalue weighted by Crippen LogP contribution is -2.15. The minimum atomic E-state index is -1.15. The van der Waals surface area contributed by atoms with Gasteiger partial charge in [-0.1, -0.05) is 6.92 Å². The molecule has 0 unspecified atom stereocenters. The van der Waals surface area contributed by atoms with Crippen LogP contribution < -0.4 is 5.32 Å². The third kappa shape index (κ3) is 2.62. The number of hydrogen-bond acceptors (Lipinski definition) is 4. The Morgan fingerprint density at radius 1 is 1.47 bits per heavy atom. The van der Waals surface area contributed by atoms with Crippen molar-refractivity contribution in [2.24, 2.45) is 0 Å². The summed E-state index contributed by atoms with van der Waals surface area (Å²) in [7, 11) is 0. The van der Waals surface area contributed by atoms with Gasteiger partial charge in [-0.15, -0.1) is 5.10 Å². The smallest absolute Gasteiger partial charge is 0.354 e. The van der Waals surface area contributed by atoms with Crippen LogP contribution in [0, 0.1) is 6.92 Å². The summed E-state index contributed by atoms with van der Waals surface area (Å²) in [6, 6.07) is 1.54. The molecule has 0 fully saturated rings. The Hall–Kier alpha value is -2.64. The standard InChI is InChI=1S/C11H13N5O3/c1-3-7-14-9(16-15-7)10(17)13-6-4-5(2)12-8(6)11(18)19/h4,12H,3H2,1-2H3,(H,13,17)(H,18,19)(H,14,15,16). The highest BCUT2D eigenvalue weighted by Crippen LogP contribution is 2.17. The molecule has 0 aromatic carbocycles. The number of aromatic amines is 2. The average Bonchev–Trinajstić information content (AvgIpc) is 2.95. The van der Waals surface area contributed by atoms with Gasteiger partial charge in [-0.2, -0.15) is 0 Å². The van der Waals surface area contributed by atoms with E-state index in [0.717, 1.165) is 0 Å². The van der Waals surface area contributed by atoms with Crippen LogP contribution in [-0.2, 0) is 6.42 Å². The Morgan fingerprint density at radius 3 is 2.79 bits per heavy atom. The molecule has 2 rings (SSSR count). The van der Waals surface area contributed by atoms with E-state index in [1.54, 1.807) is 6.92 Å². The van der Waals surface area contributed by atoms with Crippen molar-refractivity contribution in [2.75, 3.05) is 5.32 Å². The van der Waals surface area contributed by atoms with E-state index in [0.29, 0.717) is 17.9 Å². The minimum absolute atomic E-state index is 0.0213. The van der Waals surface area contributed by atoms with Gasteiger partial charge >= 0.3 is 5.97 Å². The first kappa shape index (κ1) is 12.8. The molecule has 0 bridgehead atoms. The second-order valence-electron chi connectivity index (χ2n) is 3.96. The van der Waals surface area contributed by atoms with Gasteiger partial charge in [-0.25, -0.2) is 9.78 Å². The summed E-state index contributed by atoms with van der Waals surface area (Å²) in [6.45, 7) is 3.57. The lowest BCUT2D eigenvalue weighted by molar-refractivity contribution is 0.0692. The van der Waals surface area contributed by atoms with E-state index in [1.807, 2.05) is 6.92 Å². The number of nitrogens with one attached hydrogen (secondary N) is 3. The van der Waals surface area contributed by atoms with E-state index in [9.17, 15) is 9.59 Å². The van der Waals surface area contributed by atoms with Gasteiger partial charge in [0.15, 0.2) is 0 Å². The van der Waals surface area contributed by atoms with Crippen molar-refractivity contribution < 1.29 is 14.7 Å². The molecule has 0 radical (unpaired) electrons. The summed E-state index contributed by atoms with van der Waals surface area (Å²) >= 11 is 0. The summed E-state index contributed by atoms with van der Waals surface area (Å²) in [4.78, 5) is 29.5. The van der Waals surface area contributed by atoms with Crippen LogP contribution in [-0.4, -0.2) is 37.1 Å². The molecule has 19 heavy (non-hydrogen) atoms. The largest absolute Gasteiger partial charge is 0.477 e. The molecule has 8 heteroatoms. The molecule has 8 nitrogen and oxygen atoms in total. The van der Waals surface area contributed by atoms with Crippen molar-refractivity contribution in [1.29, 1.82) is 0 Å². The predicted octanol–water partition coefficient (Wildman–Crippen LogP) is 0.954. The molecule has 2 aromatic rings. The van der Waals surface area contributed by atoms with Crippen LogP contribution in [0.5, 0.6) is 0 Å². The van der Waals surface area contributed by atoms with Crippen LogP contribution in [0.1, 0.15) is 39.5 Å². The SMILES string of the molecule is CCc1nc(C(=O)Nc2cc(C)[nH]c2C(=O)O)n[nH]1. The van der Waals surface area contributed by atoms with Crippen molar-refractivity contribution in [1.82, 2.24) is 20.2 Å². The number of hydrogen-bond donors (Lipinski definition) is 4. The summed E-state index contributed by atoms with van der Waals surface area (Å²) in [5.41, 5.74) is 0.756. The zero-order chi connectivity index (χ0) is 14.0. The van der Waals surface area contributed by atoms with E-state index in [4.69, 9.17) is 5.11 Å². The highest BCUT2D eigenvalue weighted by molar-refractivity contribution is 6.05. The van der Waals surface area contributed by atoms with Crippen molar-refractivity contribution in [2.45, 2.75) is 20.3 Å². The monoisotopic (exact) mass is 263 g/mol. The molecule has 2 heterocycles. The fraction of sp³-hybridized carbons (Fsp3) is 0.273. The number of nitrogens with zero attached hydrogens (tertiary/aromatic N) is 2. The lowest BCUT2D eigenvalue weighted by atomic mass is 10.3. The van der Waals surface area contributed by atoms with Gasteiger partial charge in [0, 0.05) is 12.1 Å². The van der Waals surface area contributed by atoms with Gasteiger partial charge in [-0.3, -0.25) is 9.89 Å². The van der Waals surface area contributed by atoms with Crippen LogP contribution in [0.4, 0.5) is 5.69 Å². The zero-order valence-electron chi connectivity index (χ0n) is 10.4.